The van der Waals surface area contributed by atoms with Crippen molar-refractivity contribution in [3.05, 3.63) is 0 Å². The number of rotatable bonds is 26. The number of esters is 2. The van der Waals surface area contributed by atoms with Crippen LogP contribution in [0.1, 0.15) is 175 Å². The van der Waals surface area contributed by atoms with Crippen LogP contribution in [0, 0.1) is 0 Å². The van der Waals surface area contributed by atoms with Gasteiger partial charge in [0.25, 0.3) is 0 Å². The molecule has 4 heteroatoms. The topological polar surface area (TPSA) is 52.6 Å². The molecule has 0 rings (SSSR count). The Morgan fingerprint density at radius 2 is 0.543 bits per heavy atom. The standard InChI is InChI=1S/C31H60O4/c1-28(2)34-30(32)26-24-22-20-18-16-14-12-10-8-6-5-7-9-11-13-15-17-19-21-23-25-27-31(33)35-29(3)4/h28-29H,5-27H2,1-4H3. The zero-order chi connectivity index (χ0) is 26.0. The SMILES string of the molecule is CC(C)OC(=O)CCCCCCCCCCCCCCCCCCCCCCCC(=O)OC(C)C. The maximum absolute atomic E-state index is 11.5. The van der Waals surface area contributed by atoms with E-state index in [1.54, 1.807) is 0 Å². The average molecular weight is 497 g/mol. The highest BCUT2D eigenvalue weighted by atomic mass is 16.5. The van der Waals surface area contributed by atoms with Crippen LogP contribution < -0.4 is 0 Å². The van der Waals surface area contributed by atoms with Crippen molar-refractivity contribution in [2.75, 3.05) is 0 Å². The lowest BCUT2D eigenvalue weighted by molar-refractivity contribution is -0.148. The molecule has 0 heterocycles. The van der Waals surface area contributed by atoms with Gasteiger partial charge in [-0.05, 0) is 40.5 Å². The first-order valence-electron chi connectivity index (χ1n) is 15.3. The summed E-state index contributed by atoms with van der Waals surface area (Å²) in [7, 11) is 0. The first-order valence-corrected chi connectivity index (χ1v) is 15.3. The van der Waals surface area contributed by atoms with E-state index < -0.39 is 0 Å². The van der Waals surface area contributed by atoms with Crippen molar-refractivity contribution in [1.82, 2.24) is 0 Å². The minimum atomic E-state index is -0.0399. The van der Waals surface area contributed by atoms with Crippen LogP contribution in [0.2, 0.25) is 0 Å². The van der Waals surface area contributed by atoms with Gasteiger partial charge in [0, 0.05) is 12.8 Å². The van der Waals surface area contributed by atoms with E-state index in [2.05, 4.69) is 0 Å². The largest absolute Gasteiger partial charge is 0.463 e. The average Bonchev–Trinajstić information content (AvgIpc) is 2.78. The predicted molar refractivity (Wildman–Crippen MR) is 149 cm³/mol. The van der Waals surface area contributed by atoms with Gasteiger partial charge in [-0.15, -0.1) is 0 Å². The third-order valence-corrected chi connectivity index (χ3v) is 6.50. The molecule has 0 amide bonds. The van der Waals surface area contributed by atoms with E-state index in [1.807, 2.05) is 27.7 Å². The van der Waals surface area contributed by atoms with Gasteiger partial charge >= 0.3 is 11.9 Å². The monoisotopic (exact) mass is 496 g/mol. The summed E-state index contributed by atoms with van der Waals surface area (Å²) in [4.78, 5) is 22.9. The predicted octanol–water partition coefficient (Wildman–Crippen LogP) is 9.86. The van der Waals surface area contributed by atoms with Gasteiger partial charge in [-0.25, -0.2) is 0 Å². The van der Waals surface area contributed by atoms with Gasteiger partial charge in [0.2, 0.25) is 0 Å². The number of hydrogen-bond acceptors (Lipinski definition) is 4. The second-order valence-electron chi connectivity index (χ2n) is 11.0. The van der Waals surface area contributed by atoms with Gasteiger partial charge in [-0.2, -0.15) is 0 Å². The Bertz CT molecular complexity index is 431. The number of carbonyl (C=O) groups excluding carboxylic acids is 2. The Morgan fingerprint density at radius 3 is 0.714 bits per heavy atom. The summed E-state index contributed by atoms with van der Waals surface area (Å²) in [5, 5.41) is 0. The maximum Gasteiger partial charge on any atom is 0.306 e. The van der Waals surface area contributed by atoms with Gasteiger partial charge in [0.05, 0.1) is 12.2 Å². The van der Waals surface area contributed by atoms with Crippen LogP contribution in [0.4, 0.5) is 0 Å². The van der Waals surface area contributed by atoms with Crippen LogP contribution >= 0.6 is 0 Å². The molecule has 0 saturated heterocycles. The second-order valence-corrected chi connectivity index (χ2v) is 11.0. The zero-order valence-electron chi connectivity index (χ0n) is 24.1. The molecule has 0 saturated carbocycles. The molecule has 0 aliphatic heterocycles. The Morgan fingerprint density at radius 1 is 0.371 bits per heavy atom. The van der Waals surface area contributed by atoms with Crippen molar-refractivity contribution in [3.8, 4) is 0 Å². The summed E-state index contributed by atoms with van der Waals surface area (Å²) in [6.45, 7) is 7.63. The van der Waals surface area contributed by atoms with Crippen LogP contribution in [0.15, 0.2) is 0 Å². The molecular formula is C31H60O4. The van der Waals surface area contributed by atoms with E-state index in [4.69, 9.17) is 9.47 Å². The number of ether oxygens (including phenoxy) is 2. The van der Waals surface area contributed by atoms with Crippen LogP contribution in [-0.2, 0) is 19.1 Å². The number of carbonyl (C=O) groups is 2. The number of hydrogen-bond donors (Lipinski definition) is 0. The fourth-order valence-corrected chi connectivity index (χ4v) is 4.54. The van der Waals surface area contributed by atoms with Crippen molar-refractivity contribution in [2.24, 2.45) is 0 Å². The smallest absolute Gasteiger partial charge is 0.306 e. The van der Waals surface area contributed by atoms with Crippen LogP contribution in [0.3, 0.4) is 0 Å². The third kappa shape index (κ3) is 29.1. The summed E-state index contributed by atoms with van der Waals surface area (Å²) in [6.07, 6.45) is 28.7. The van der Waals surface area contributed by atoms with E-state index in [9.17, 15) is 9.59 Å². The molecule has 0 aliphatic carbocycles. The molecule has 0 aromatic carbocycles. The molecule has 0 aliphatic rings. The molecule has 0 aromatic rings. The van der Waals surface area contributed by atoms with E-state index in [0.717, 1.165) is 25.7 Å². The highest BCUT2D eigenvalue weighted by molar-refractivity contribution is 5.69. The van der Waals surface area contributed by atoms with Crippen molar-refractivity contribution < 1.29 is 19.1 Å². The third-order valence-electron chi connectivity index (χ3n) is 6.50. The lowest BCUT2D eigenvalue weighted by atomic mass is 10.0. The molecule has 0 radical (unpaired) electrons. The summed E-state index contributed by atoms with van der Waals surface area (Å²) in [5.41, 5.74) is 0. The van der Waals surface area contributed by atoms with Gasteiger partial charge in [-0.1, -0.05) is 122 Å². The van der Waals surface area contributed by atoms with E-state index in [-0.39, 0.29) is 24.1 Å². The molecule has 0 spiro atoms. The normalized spacial score (nSPS) is 11.4. The second kappa shape index (κ2) is 26.0. The van der Waals surface area contributed by atoms with Gasteiger partial charge < -0.3 is 9.47 Å². The van der Waals surface area contributed by atoms with Gasteiger partial charge in [-0.3, -0.25) is 9.59 Å². The Hall–Kier alpha value is -1.06. The summed E-state index contributed by atoms with van der Waals surface area (Å²) >= 11 is 0. The van der Waals surface area contributed by atoms with Crippen molar-refractivity contribution in [3.63, 3.8) is 0 Å². The van der Waals surface area contributed by atoms with Gasteiger partial charge in [0.1, 0.15) is 0 Å². The molecule has 0 N–H and O–H groups in total. The molecule has 0 fully saturated rings. The fourth-order valence-electron chi connectivity index (χ4n) is 4.54. The molecule has 0 atom stereocenters. The van der Waals surface area contributed by atoms with Crippen LogP contribution in [0.25, 0.3) is 0 Å². The Balaban J connectivity index is 3.12. The highest BCUT2D eigenvalue weighted by Crippen LogP contribution is 2.15. The molecule has 4 nitrogen and oxygen atoms in total. The van der Waals surface area contributed by atoms with Crippen molar-refractivity contribution in [1.29, 1.82) is 0 Å². The minimum absolute atomic E-state index is 0.0142. The van der Waals surface area contributed by atoms with E-state index in [1.165, 1.54) is 109 Å². The van der Waals surface area contributed by atoms with E-state index >= 15 is 0 Å². The maximum atomic E-state index is 11.5. The molecule has 208 valence electrons. The number of unbranched alkanes of at least 4 members (excludes halogenated alkanes) is 20. The van der Waals surface area contributed by atoms with Crippen molar-refractivity contribution >= 4 is 11.9 Å². The summed E-state index contributed by atoms with van der Waals surface area (Å²) < 4.78 is 10.3. The van der Waals surface area contributed by atoms with Crippen LogP contribution in [-0.4, -0.2) is 24.1 Å². The summed E-state index contributed by atoms with van der Waals surface area (Å²) in [5.74, 6) is -0.0799. The van der Waals surface area contributed by atoms with Gasteiger partial charge in [0.15, 0.2) is 0 Å². The Labute approximate surface area is 218 Å². The molecule has 0 bridgehead atoms. The van der Waals surface area contributed by atoms with Crippen LogP contribution in [0.5, 0.6) is 0 Å². The fraction of sp³-hybridized carbons (Fsp3) is 0.935. The van der Waals surface area contributed by atoms with E-state index in [0.29, 0.717) is 12.8 Å². The lowest BCUT2D eigenvalue weighted by Gasteiger charge is -2.07. The quantitative estimate of drug-likeness (QED) is 0.0883. The summed E-state index contributed by atoms with van der Waals surface area (Å²) in [6, 6.07) is 0. The molecular weight excluding hydrogens is 436 g/mol. The first kappa shape index (κ1) is 33.9. The Kier molecular flexibility index (Phi) is 25.2. The molecule has 0 unspecified atom stereocenters. The first-order chi connectivity index (χ1) is 16.9. The molecule has 35 heavy (non-hydrogen) atoms. The molecule has 0 aromatic heterocycles. The highest BCUT2D eigenvalue weighted by Gasteiger charge is 2.05. The minimum Gasteiger partial charge on any atom is -0.463 e. The lowest BCUT2D eigenvalue weighted by Crippen LogP contribution is -2.10. The zero-order valence-corrected chi connectivity index (χ0v) is 24.1. The van der Waals surface area contributed by atoms with Crippen molar-refractivity contribution in [2.45, 2.75) is 188 Å².